The van der Waals surface area contributed by atoms with Gasteiger partial charge in [0.05, 0.1) is 12.1 Å². The van der Waals surface area contributed by atoms with E-state index in [0.29, 0.717) is 17.8 Å². The average Bonchev–Trinajstić information content (AvgIpc) is 3.34. The highest BCUT2D eigenvalue weighted by molar-refractivity contribution is 6.23. The van der Waals surface area contributed by atoms with E-state index in [1.165, 1.54) is 6.92 Å². The van der Waals surface area contributed by atoms with Gasteiger partial charge in [-0.15, -0.1) is 0 Å². The normalized spacial score (nSPS) is 19.7. The van der Waals surface area contributed by atoms with Gasteiger partial charge < -0.3 is 10.2 Å². The highest BCUT2D eigenvalue weighted by Gasteiger charge is 2.48. The fourth-order valence-corrected chi connectivity index (χ4v) is 3.53. The highest BCUT2D eigenvalue weighted by Crippen LogP contribution is 2.36. The molecule has 0 spiro atoms. The summed E-state index contributed by atoms with van der Waals surface area (Å²) in [6.07, 6.45) is 2.10. The molecule has 2 fully saturated rings. The van der Waals surface area contributed by atoms with Crippen LogP contribution in [0.15, 0.2) is 24.3 Å². The molecule has 1 saturated heterocycles. The smallest absolute Gasteiger partial charge is 0.257 e. The largest absolute Gasteiger partial charge is 0.327 e. The van der Waals surface area contributed by atoms with Gasteiger partial charge in [-0.2, -0.15) is 0 Å². The van der Waals surface area contributed by atoms with Gasteiger partial charge in [0.15, 0.2) is 0 Å². The molecule has 1 aliphatic carbocycles. The number of anilines is 2. The van der Waals surface area contributed by atoms with Crippen molar-refractivity contribution in [3.8, 4) is 0 Å². The van der Waals surface area contributed by atoms with E-state index in [4.69, 9.17) is 0 Å². The Morgan fingerprint density at radius 1 is 1.14 bits per heavy atom. The van der Waals surface area contributed by atoms with Gasteiger partial charge in [0, 0.05) is 25.1 Å². The zero-order chi connectivity index (χ0) is 20.6. The fraction of sp³-hybridized carbons (Fsp3) is 0.524. The lowest BCUT2D eigenvalue weighted by atomic mass is 9.91. The van der Waals surface area contributed by atoms with Crippen molar-refractivity contribution in [2.24, 2.45) is 5.41 Å². The van der Waals surface area contributed by atoms with E-state index in [2.05, 4.69) is 5.32 Å². The SMILES string of the molecule is CC(=O)Nc1ccc(N2C(=O)CC(N(C(=O)CC(C)(C)C)C3CC3)C2=O)cc1. The molecule has 1 atom stereocenters. The molecule has 150 valence electrons. The number of benzene rings is 1. The zero-order valence-corrected chi connectivity index (χ0v) is 16.8. The maximum absolute atomic E-state index is 13.1. The number of nitrogens with one attached hydrogen (secondary N) is 1. The molecule has 0 radical (unpaired) electrons. The topological polar surface area (TPSA) is 86.8 Å². The van der Waals surface area contributed by atoms with Gasteiger partial charge in [-0.3, -0.25) is 19.2 Å². The van der Waals surface area contributed by atoms with E-state index in [1.807, 2.05) is 20.8 Å². The molecule has 1 unspecified atom stereocenters. The van der Waals surface area contributed by atoms with Crippen LogP contribution < -0.4 is 10.2 Å². The summed E-state index contributed by atoms with van der Waals surface area (Å²) >= 11 is 0. The maximum atomic E-state index is 13.1. The molecule has 0 aromatic heterocycles. The number of carbonyl (C=O) groups is 4. The first kappa shape index (κ1) is 20.0. The quantitative estimate of drug-likeness (QED) is 0.790. The van der Waals surface area contributed by atoms with Gasteiger partial charge in [-0.25, -0.2) is 4.90 Å². The average molecular weight is 385 g/mol. The van der Waals surface area contributed by atoms with Gasteiger partial charge in [0.1, 0.15) is 6.04 Å². The molecule has 3 rings (SSSR count). The van der Waals surface area contributed by atoms with Crippen LogP contribution in [0.25, 0.3) is 0 Å². The summed E-state index contributed by atoms with van der Waals surface area (Å²) in [6, 6.07) is 5.87. The number of amides is 4. The number of carbonyl (C=O) groups excluding carboxylic acids is 4. The first-order valence-corrected chi connectivity index (χ1v) is 9.62. The minimum Gasteiger partial charge on any atom is -0.327 e. The minimum absolute atomic E-state index is 0.0126. The third kappa shape index (κ3) is 4.40. The summed E-state index contributed by atoms with van der Waals surface area (Å²) in [5.41, 5.74) is 0.854. The Hall–Kier alpha value is -2.70. The van der Waals surface area contributed by atoms with Crippen molar-refractivity contribution in [1.29, 1.82) is 0 Å². The molecule has 28 heavy (non-hydrogen) atoms. The molecule has 4 amide bonds. The van der Waals surface area contributed by atoms with E-state index < -0.39 is 6.04 Å². The van der Waals surface area contributed by atoms with Crippen LogP contribution in [0.4, 0.5) is 11.4 Å². The van der Waals surface area contributed by atoms with E-state index >= 15 is 0 Å². The van der Waals surface area contributed by atoms with Crippen molar-refractivity contribution in [3.05, 3.63) is 24.3 Å². The second-order valence-corrected chi connectivity index (χ2v) is 8.78. The van der Waals surface area contributed by atoms with E-state index in [-0.39, 0.29) is 41.5 Å². The Morgan fingerprint density at radius 2 is 1.75 bits per heavy atom. The van der Waals surface area contributed by atoms with Crippen LogP contribution in [0.3, 0.4) is 0 Å². The zero-order valence-electron chi connectivity index (χ0n) is 16.8. The lowest BCUT2D eigenvalue weighted by molar-refractivity contribution is -0.140. The Labute approximate surface area is 165 Å². The number of hydrogen-bond acceptors (Lipinski definition) is 4. The minimum atomic E-state index is -0.732. The Kier molecular flexibility index (Phi) is 5.28. The predicted octanol–water partition coefficient (Wildman–Crippen LogP) is 2.70. The van der Waals surface area contributed by atoms with Crippen molar-refractivity contribution in [3.63, 3.8) is 0 Å². The first-order valence-electron chi connectivity index (χ1n) is 9.62. The van der Waals surface area contributed by atoms with Crippen LogP contribution in [0.1, 0.15) is 53.4 Å². The molecule has 7 heteroatoms. The predicted molar refractivity (Wildman–Crippen MR) is 106 cm³/mol. The molecule has 1 N–H and O–H groups in total. The molecule has 1 aliphatic heterocycles. The standard InChI is InChI=1S/C21H27N3O4/c1-13(25)22-14-5-7-16(8-6-14)24-18(26)11-17(20(24)28)23(15-9-10-15)19(27)12-21(2,3)4/h5-8,15,17H,9-12H2,1-4H3,(H,22,25). The Balaban J connectivity index is 1.80. The highest BCUT2D eigenvalue weighted by atomic mass is 16.2. The van der Waals surface area contributed by atoms with E-state index in [1.54, 1.807) is 29.2 Å². The molecule has 1 heterocycles. The van der Waals surface area contributed by atoms with Gasteiger partial charge in [-0.1, -0.05) is 20.8 Å². The molecule has 1 aromatic carbocycles. The molecule has 7 nitrogen and oxygen atoms in total. The second kappa shape index (κ2) is 7.37. The number of nitrogens with zero attached hydrogens (tertiary/aromatic N) is 2. The Bertz CT molecular complexity index is 806. The van der Waals surface area contributed by atoms with Crippen LogP contribution in [-0.4, -0.2) is 40.6 Å². The van der Waals surface area contributed by atoms with Crippen LogP contribution in [0.2, 0.25) is 0 Å². The molecule has 1 aromatic rings. The summed E-state index contributed by atoms with van der Waals surface area (Å²) < 4.78 is 0. The summed E-state index contributed by atoms with van der Waals surface area (Å²) in [4.78, 5) is 52.5. The van der Waals surface area contributed by atoms with Gasteiger partial charge in [-0.05, 0) is 42.5 Å². The lowest BCUT2D eigenvalue weighted by Gasteiger charge is -2.30. The summed E-state index contributed by atoms with van der Waals surface area (Å²) in [6.45, 7) is 7.37. The van der Waals surface area contributed by atoms with E-state index in [9.17, 15) is 19.2 Å². The summed E-state index contributed by atoms with van der Waals surface area (Å²) in [7, 11) is 0. The molecule has 2 aliphatic rings. The third-order valence-electron chi connectivity index (χ3n) is 4.81. The van der Waals surface area contributed by atoms with Gasteiger partial charge in [0.25, 0.3) is 5.91 Å². The number of hydrogen-bond donors (Lipinski definition) is 1. The summed E-state index contributed by atoms with van der Waals surface area (Å²) in [5, 5.41) is 2.65. The fourth-order valence-electron chi connectivity index (χ4n) is 3.53. The number of rotatable bonds is 5. The molecular formula is C21H27N3O4. The van der Waals surface area contributed by atoms with E-state index in [0.717, 1.165) is 17.7 Å². The van der Waals surface area contributed by atoms with Crippen LogP contribution >= 0.6 is 0 Å². The summed E-state index contributed by atoms with van der Waals surface area (Å²) in [5.74, 6) is -0.925. The van der Waals surface area contributed by atoms with Crippen LogP contribution in [-0.2, 0) is 19.2 Å². The van der Waals surface area contributed by atoms with Crippen molar-refractivity contribution < 1.29 is 19.2 Å². The number of imide groups is 1. The van der Waals surface area contributed by atoms with Gasteiger partial charge >= 0.3 is 0 Å². The van der Waals surface area contributed by atoms with Crippen LogP contribution in [0, 0.1) is 5.41 Å². The van der Waals surface area contributed by atoms with Crippen molar-refractivity contribution in [2.45, 2.75) is 65.5 Å². The first-order chi connectivity index (χ1) is 13.1. The van der Waals surface area contributed by atoms with Crippen LogP contribution in [0.5, 0.6) is 0 Å². The third-order valence-corrected chi connectivity index (χ3v) is 4.81. The van der Waals surface area contributed by atoms with Crippen molar-refractivity contribution in [2.75, 3.05) is 10.2 Å². The Morgan fingerprint density at radius 3 is 2.25 bits per heavy atom. The molecule has 0 bridgehead atoms. The van der Waals surface area contributed by atoms with Crippen molar-refractivity contribution in [1.82, 2.24) is 4.90 Å². The van der Waals surface area contributed by atoms with Gasteiger partial charge in [0.2, 0.25) is 17.7 Å². The molecular weight excluding hydrogens is 358 g/mol. The monoisotopic (exact) mass is 385 g/mol. The second-order valence-electron chi connectivity index (χ2n) is 8.78. The van der Waals surface area contributed by atoms with Crippen molar-refractivity contribution >= 4 is 35.0 Å². The molecule has 1 saturated carbocycles. The maximum Gasteiger partial charge on any atom is 0.257 e. The lowest BCUT2D eigenvalue weighted by Crippen LogP contribution is -2.47.